The number of hydrogen-bond acceptors (Lipinski definition) is 3. The van der Waals surface area contributed by atoms with Gasteiger partial charge in [-0.3, -0.25) is 0 Å². The molecule has 2 unspecified atom stereocenters. The number of ether oxygens (including phenoxy) is 2. The predicted octanol–water partition coefficient (Wildman–Crippen LogP) is 4.16. The van der Waals surface area contributed by atoms with Gasteiger partial charge in [-0.25, -0.2) is 0 Å². The summed E-state index contributed by atoms with van der Waals surface area (Å²) in [5.41, 5.74) is 0. The third kappa shape index (κ3) is 5.72. The highest BCUT2D eigenvalue weighted by atomic mass is 35.5. The molecular formula is C14H29ClO3Si. The Morgan fingerprint density at radius 2 is 2.00 bits per heavy atom. The molecule has 0 spiro atoms. The lowest BCUT2D eigenvalue weighted by Gasteiger charge is -2.37. The molecule has 114 valence electrons. The number of halogens is 1. The molecule has 1 rings (SSSR count). The normalized spacial score (nSPS) is 23.4. The van der Waals surface area contributed by atoms with Crippen LogP contribution in [0.3, 0.4) is 0 Å². The predicted molar refractivity (Wildman–Crippen MR) is 82.3 cm³/mol. The molecule has 0 saturated carbocycles. The van der Waals surface area contributed by atoms with Crippen LogP contribution in [-0.4, -0.2) is 39.8 Å². The van der Waals surface area contributed by atoms with E-state index in [0.717, 1.165) is 19.4 Å². The summed E-state index contributed by atoms with van der Waals surface area (Å²) in [7, 11) is -1.73. The first-order valence-corrected chi connectivity index (χ1v) is 10.7. The minimum Gasteiger partial charge on any atom is -0.414 e. The van der Waals surface area contributed by atoms with E-state index >= 15 is 0 Å². The molecule has 0 aliphatic carbocycles. The third-order valence-corrected chi connectivity index (χ3v) is 8.94. The second-order valence-electron chi connectivity index (χ2n) is 6.78. The average Bonchev–Trinajstić information content (AvgIpc) is 2.34. The maximum Gasteiger partial charge on any atom is 0.192 e. The smallest absolute Gasteiger partial charge is 0.192 e. The summed E-state index contributed by atoms with van der Waals surface area (Å²) in [5, 5.41) is 0.213. The first kappa shape index (κ1) is 17.4. The van der Waals surface area contributed by atoms with Gasteiger partial charge >= 0.3 is 0 Å². The summed E-state index contributed by atoms with van der Waals surface area (Å²) >= 11 is 5.98. The van der Waals surface area contributed by atoms with Gasteiger partial charge in [0.15, 0.2) is 14.6 Å². The SMILES string of the molecule is CC(C)(C)[Si](C)(C)OCC(CCl)OC1CCCCO1. The Hall–Kier alpha value is 0.387. The van der Waals surface area contributed by atoms with Crippen LogP contribution in [0.15, 0.2) is 0 Å². The second kappa shape index (κ2) is 7.41. The number of rotatable bonds is 6. The summed E-state index contributed by atoms with van der Waals surface area (Å²) in [5.74, 6) is 0.453. The maximum atomic E-state index is 6.16. The average molecular weight is 309 g/mol. The van der Waals surface area contributed by atoms with Crippen LogP contribution in [0, 0.1) is 0 Å². The molecule has 0 aromatic heterocycles. The van der Waals surface area contributed by atoms with E-state index in [9.17, 15) is 0 Å². The first-order valence-electron chi connectivity index (χ1n) is 7.23. The van der Waals surface area contributed by atoms with Crippen LogP contribution < -0.4 is 0 Å². The molecule has 1 heterocycles. The van der Waals surface area contributed by atoms with E-state index in [1.54, 1.807) is 0 Å². The van der Waals surface area contributed by atoms with E-state index in [4.69, 9.17) is 25.5 Å². The van der Waals surface area contributed by atoms with Crippen LogP contribution in [0.1, 0.15) is 40.0 Å². The van der Waals surface area contributed by atoms with Gasteiger partial charge in [0.05, 0.1) is 18.6 Å². The van der Waals surface area contributed by atoms with Crippen molar-refractivity contribution in [2.75, 3.05) is 19.1 Å². The minimum absolute atomic E-state index is 0.0705. The number of alkyl halides is 1. The van der Waals surface area contributed by atoms with Crippen molar-refractivity contribution in [3.05, 3.63) is 0 Å². The molecule has 5 heteroatoms. The minimum atomic E-state index is -1.73. The molecule has 2 atom stereocenters. The largest absolute Gasteiger partial charge is 0.414 e. The Labute approximate surface area is 124 Å². The zero-order chi connectivity index (χ0) is 14.5. The van der Waals surface area contributed by atoms with Gasteiger partial charge in [-0.05, 0) is 37.4 Å². The first-order chi connectivity index (χ1) is 8.76. The van der Waals surface area contributed by atoms with Gasteiger partial charge in [0, 0.05) is 6.61 Å². The summed E-state index contributed by atoms with van der Waals surface area (Å²) in [6.45, 7) is 12.6. The van der Waals surface area contributed by atoms with Crippen molar-refractivity contribution in [3.63, 3.8) is 0 Å². The van der Waals surface area contributed by atoms with E-state index in [1.807, 2.05) is 0 Å². The van der Waals surface area contributed by atoms with Crippen molar-refractivity contribution in [2.24, 2.45) is 0 Å². The molecule has 1 aliphatic heterocycles. The highest BCUT2D eigenvalue weighted by Gasteiger charge is 2.37. The standard InChI is InChI=1S/C14H29ClO3Si/c1-14(2,3)19(4,5)17-11-12(10-15)18-13-8-6-7-9-16-13/h12-13H,6-11H2,1-5H3. The van der Waals surface area contributed by atoms with Gasteiger partial charge in [0.2, 0.25) is 0 Å². The topological polar surface area (TPSA) is 27.7 Å². The van der Waals surface area contributed by atoms with E-state index in [-0.39, 0.29) is 17.4 Å². The summed E-state index contributed by atoms with van der Waals surface area (Å²) in [6.07, 6.45) is 3.10. The van der Waals surface area contributed by atoms with Crippen LogP contribution in [0.5, 0.6) is 0 Å². The summed E-state index contributed by atoms with van der Waals surface area (Å²) in [4.78, 5) is 0. The van der Waals surface area contributed by atoms with E-state index in [2.05, 4.69) is 33.9 Å². The van der Waals surface area contributed by atoms with Gasteiger partial charge in [0.1, 0.15) is 0 Å². The van der Waals surface area contributed by atoms with Crippen LogP contribution in [0.4, 0.5) is 0 Å². The van der Waals surface area contributed by atoms with E-state index < -0.39 is 8.32 Å². The van der Waals surface area contributed by atoms with Crippen molar-refractivity contribution in [1.29, 1.82) is 0 Å². The summed E-state index contributed by atoms with van der Waals surface area (Å²) in [6, 6.07) is 0. The number of hydrogen-bond donors (Lipinski definition) is 0. The quantitative estimate of drug-likeness (QED) is 0.545. The van der Waals surface area contributed by atoms with Gasteiger partial charge in [-0.1, -0.05) is 20.8 Å². The van der Waals surface area contributed by atoms with Crippen LogP contribution in [-0.2, 0) is 13.9 Å². The summed E-state index contributed by atoms with van der Waals surface area (Å²) < 4.78 is 17.6. The van der Waals surface area contributed by atoms with Gasteiger partial charge in [0.25, 0.3) is 0 Å². The fourth-order valence-electron chi connectivity index (χ4n) is 1.67. The molecule has 3 nitrogen and oxygen atoms in total. The molecule has 0 amide bonds. The van der Waals surface area contributed by atoms with Crippen LogP contribution in [0.2, 0.25) is 18.1 Å². The van der Waals surface area contributed by atoms with Crippen molar-refractivity contribution in [1.82, 2.24) is 0 Å². The molecule has 0 aromatic rings. The molecule has 0 N–H and O–H groups in total. The highest BCUT2D eigenvalue weighted by Crippen LogP contribution is 2.36. The zero-order valence-corrected chi connectivity index (χ0v) is 14.8. The Balaban J connectivity index is 2.39. The Morgan fingerprint density at radius 3 is 2.47 bits per heavy atom. The molecule has 1 fully saturated rings. The third-order valence-electron chi connectivity index (χ3n) is 4.09. The fourth-order valence-corrected chi connectivity index (χ4v) is 2.87. The zero-order valence-electron chi connectivity index (χ0n) is 13.0. The molecule has 0 aromatic carbocycles. The lowest BCUT2D eigenvalue weighted by Crippen LogP contribution is -2.44. The van der Waals surface area contributed by atoms with E-state index in [0.29, 0.717) is 12.5 Å². The molecule has 19 heavy (non-hydrogen) atoms. The lowest BCUT2D eigenvalue weighted by atomic mass is 10.2. The Morgan fingerprint density at radius 1 is 1.32 bits per heavy atom. The monoisotopic (exact) mass is 308 g/mol. The molecular weight excluding hydrogens is 280 g/mol. The molecule has 0 radical (unpaired) electrons. The molecule has 1 aliphatic rings. The van der Waals surface area contributed by atoms with Gasteiger partial charge in [-0.2, -0.15) is 0 Å². The van der Waals surface area contributed by atoms with Crippen molar-refractivity contribution in [2.45, 2.75) is 70.6 Å². The lowest BCUT2D eigenvalue weighted by molar-refractivity contribution is -0.188. The highest BCUT2D eigenvalue weighted by molar-refractivity contribution is 6.74. The fraction of sp³-hybridized carbons (Fsp3) is 1.00. The van der Waals surface area contributed by atoms with Gasteiger partial charge < -0.3 is 13.9 Å². The van der Waals surface area contributed by atoms with Crippen LogP contribution in [0.25, 0.3) is 0 Å². The molecule has 0 bridgehead atoms. The molecule has 1 saturated heterocycles. The van der Waals surface area contributed by atoms with Crippen molar-refractivity contribution < 1.29 is 13.9 Å². The Bertz CT molecular complexity index is 260. The second-order valence-corrected chi connectivity index (χ2v) is 11.9. The van der Waals surface area contributed by atoms with Crippen LogP contribution >= 0.6 is 11.6 Å². The van der Waals surface area contributed by atoms with Crippen molar-refractivity contribution in [3.8, 4) is 0 Å². The van der Waals surface area contributed by atoms with Gasteiger partial charge in [-0.15, -0.1) is 11.6 Å². The van der Waals surface area contributed by atoms with Crippen molar-refractivity contribution >= 4 is 19.9 Å². The Kier molecular flexibility index (Phi) is 6.80. The maximum absolute atomic E-state index is 6.16. The van der Waals surface area contributed by atoms with E-state index in [1.165, 1.54) is 6.42 Å².